The lowest BCUT2D eigenvalue weighted by Crippen LogP contribution is -2.42. The molecule has 0 aliphatic rings. The summed E-state index contributed by atoms with van der Waals surface area (Å²) in [7, 11) is 0. The van der Waals surface area contributed by atoms with E-state index in [0.717, 1.165) is 35.1 Å². The van der Waals surface area contributed by atoms with E-state index in [-0.39, 0.29) is 11.9 Å². The number of rotatable bonds is 27. The van der Waals surface area contributed by atoms with Gasteiger partial charge in [-0.3, -0.25) is 9.59 Å². The van der Waals surface area contributed by atoms with Gasteiger partial charge in [-0.2, -0.15) is 11.8 Å². The number of carbonyl (C=O) groups is 2. The second-order valence-corrected chi connectivity index (χ2v) is 13.7. The Labute approximate surface area is 291 Å². The number of nitrogens with one attached hydrogen (secondary N) is 1. The van der Waals surface area contributed by atoms with Crippen LogP contribution in [0.1, 0.15) is 116 Å². The highest BCUT2D eigenvalue weighted by molar-refractivity contribution is 7.99. The van der Waals surface area contributed by atoms with Crippen LogP contribution in [0, 0.1) is 0 Å². The lowest BCUT2D eigenvalue weighted by Gasteiger charge is -2.14. The Kier molecular flexibility index (Phi) is 19.3. The van der Waals surface area contributed by atoms with Crippen molar-refractivity contribution in [2.45, 2.75) is 129 Å². The zero-order valence-electron chi connectivity index (χ0n) is 29.5. The van der Waals surface area contributed by atoms with Gasteiger partial charge in [0.2, 0.25) is 5.91 Å². The molecule has 0 spiro atoms. The van der Waals surface area contributed by atoms with Crippen molar-refractivity contribution in [2.24, 2.45) is 5.73 Å². The third-order valence-corrected chi connectivity index (χ3v) is 9.64. The molecule has 0 saturated heterocycles. The summed E-state index contributed by atoms with van der Waals surface area (Å²) in [6.45, 7) is 6.59. The van der Waals surface area contributed by atoms with E-state index in [1.54, 1.807) is 0 Å². The van der Waals surface area contributed by atoms with Crippen LogP contribution in [-0.2, 0) is 32.2 Å². The summed E-state index contributed by atoms with van der Waals surface area (Å²) in [6.07, 6.45) is 17.8. The van der Waals surface area contributed by atoms with Gasteiger partial charge in [0.05, 0.1) is 17.1 Å². The minimum absolute atomic E-state index is 0.136. The molecule has 0 aliphatic carbocycles. The van der Waals surface area contributed by atoms with E-state index in [9.17, 15) is 9.59 Å². The quantitative estimate of drug-likeness (QED) is 0.0556. The number of amides is 1. The van der Waals surface area contributed by atoms with Crippen LogP contribution in [0.4, 0.5) is 5.82 Å². The molecule has 0 fully saturated rings. The first-order chi connectivity index (χ1) is 23.5. The molecule has 5 N–H and O–H groups in total. The highest BCUT2D eigenvalue weighted by Crippen LogP contribution is 2.29. The number of benzene rings is 1. The van der Waals surface area contributed by atoms with Crippen molar-refractivity contribution >= 4 is 51.4 Å². The summed E-state index contributed by atoms with van der Waals surface area (Å²) in [5, 5.41) is 3.93. The Morgan fingerprint density at radius 3 is 2.27 bits per heavy atom. The van der Waals surface area contributed by atoms with Gasteiger partial charge >= 0.3 is 5.97 Å². The number of hydrogen-bond acceptors (Lipinski definition) is 9. The molecule has 1 atom stereocenters. The first kappa shape index (κ1) is 39.5. The Balaban J connectivity index is 1.24. The second-order valence-electron chi connectivity index (χ2n) is 12.6. The number of aryl methyl sites for hydroxylation is 1. The number of pyridine rings is 1. The monoisotopic (exact) mass is 684 g/mol. The summed E-state index contributed by atoms with van der Waals surface area (Å²) in [5.41, 5.74) is 14.8. The van der Waals surface area contributed by atoms with Crippen molar-refractivity contribution < 1.29 is 19.1 Å². The number of esters is 1. The van der Waals surface area contributed by atoms with Gasteiger partial charge < -0.3 is 30.8 Å². The normalized spacial score (nSPS) is 12.1. The van der Waals surface area contributed by atoms with Crippen LogP contribution in [0.25, 0.3) is 21.9 Å². The van der Waals surface area contributed by atoms with Crippen molar-refractivity contribution in [3.8, 4) is 0 Å². The third kappa shape index (κ3) is 13.9. The van der Waals surface area contributed by atoms with E-state index in [1.165, 1.54) is 82.4 Å². The molecular formula is C37H60N6O4S. The van der Waals surface area contributed by atoms with Crippen molar-refractivity contribution in [3.05, 3.63) is 30.1 Å². The number of hydrogen-bond donors (Lipinski definition) is 3. The molecular weight excluding hydrogens is 625 g/mol. The summed E-state index contributed by atoms with van der Waals surface area (Å²) in [6, 6.07) is 7.24. The van der Waals surface area contributed by atoms with E-state index in [4.69, 9.17) is 25.9 Å². The maximum atomic E-state index is 12.6. The Hall–Kier alpha value is -2.89. The number of fused-ring (bicyclic) bond motifs is 3. The summed E-state index contributed by atoms with van der Waals surface area (Å²) in [4.78, 5) is 34.0. The van der Waals surface area contributed by atoms with Gasteiger partial charge in [0, 0.05) is 43.0 Å². The van der Waals surface area contributed by atoms with Crippen molar-refractivity contribution in [2.75, 3.05) is 37.0 Å². The van der Waals surface area contributed by atoms with Crippen LogP contribution in [0.2, 0.25) is 0 Å². The largest absolute Gasteiger partial charge is 0.465 e. The number of anilines is 1. The number of nitrogens with zero attached hydrogens (tertiary/aromatic N) is 3. The first-order valence-electron chi connectivity index (χ1n) is 18.3. The highest BCUT2D eigenvalue weighted by atomic mass is 32.2. The van der Waals surface area contributed by atoms with E-state index >= 15 is 0 Å². The van der Waals surface area contributed by atoms with E-state index < -0.39 is 6.04 Å². The van der Waals surface area contributed by atoms with Crippen LogP contribution in [0.15, 0.2) is 24.3 Å². The average molecular weight is 685 g/mol. The molecule has 268 valence electrons. The van der Waals surface area contributed by atoms with E-state index in [2.05, 4.69) is 21.8 Å². The Morgan fingerprint density at radius 2 is 1.58 bits per heavy atom. The second kappa shape index (κ2) is 23.5. The average Bonchev–Trinajstić information content (AvgIpc) is 3.46. The van der Waals surface area contributed by atoms with Crippen molar-refractivity contribution in [1.29, 1.82) is 0 Å². The fourth-order valence-electron chi connectivity index (χ4n) is 5.89. The van der Waals surface area contributed by atoms with Crippen LogP contribution < -0.4 is 16.8 Å². The summed E-state index contributed by atoms with van der Waals surface area (Å²) >= 11 is 1.52. The molecule has 3 aromatic rings. The SMILES string of the molecule is CCCCCCCCCCCCCCCC(=O)OCCSCC(N)C(=O)NCCCn1c(COCC)nc2c(N)nc3ccccc3c21. The molecule has 48 heavy (non-hydrogen) atoms. The topological polar surface area (TPSA) is 147 Å². The number of aromatic nitrogens is 3. The lowest BCUT2D eigenvalue weighted by molar-refractivity contribution is -0.143. The predicted octanol–water partition coefficient (Wildman–Crippen LogP) is 7.29. The number of carbonyl (C=O) groups excluding carboxylic acids is 2. The molecule has 10 nitrogen and oxygen atoms in total. The minimum atomic E-state index is -0.631. The van der Waals surface area contributed by atoms with Gasteiger partial charge in [-0.15, -0.1) is 0 Å². The Morgan fingerprint density at radius 1 is 0.917 bits per heavy atom. The smallest absolute Gasteiger partial charge is 0.305 e. The molecule has 0 saturated carbocycles. The van der Waals surface area contributed by atoms with E-state index in [0.29, 0.717) is 68.6 Å². The summed E-state index contributed by atoms with van der Waals surface area (Å²) < 4.78 is 13.2. The molecule has 1 unspecified atom stereocenters. The maximum absolute atomic E-state index is 12.6. The van der Waals surface area contributed by atoms with Gasteiger partial charge in [0.1, 0.15) is 24.6 Å². The number of para-hydroxylation sites is 1. The van der Waals surface area contributed by atoms with Crippen molar-refractivity contribution in [3.63, 3.8) is 0 Å². The van der Waals surface area contributed by atoms with Crippen LogP contribution >= 0.6 is 11.8 Å². The van der Waals surface area contributed by atoms with Crippen LogP contribution in [-0.4, -0.2) is 63.7 Å². The summed E-state index contributed by atoms with van der Waals surface area (Å²) in [5.74, 6) is 1.93. The lowest BCUT2D eigenvalue weighted by atomic mass is 10.0. The first-order valence-corrected chi connectivity index (χ1v) is 19.5. The molecule has 0 bridgehead atoms. The zero-order valence-corrected chi connectivity index (χ0v) is 30.3. The predicted molar refractivity (Wildman–Crippen MR) is 199 cm³/mol. The van der Waals surface area contributed by atoms with Crippen molar-refractivity contribution in [1.82, 2.24) is 19.9 Å². The third-order valence-electron chi connectivity index (χ3n) is 8.59. The standard InChI is InChI=1S/C37H60N6O4S/c1-3-5-6-7-8-9-10-11-12-13-14-15-16-22-33(44)47-25-26-48-28-30(38)37(45)40-23-19-24-43-32(27-46-4-2)42-34-35(43)29-20-17-18-21-31(29)41-36(34)39/h17-18,20-21,30H,3-16,19,22-28,38H2,1-2H3,(H2,39,41)(H,40,45). The van der Waals surface area contributed by atoms with Gasteiger partial charge in [-0.05, 0) is 25.8 Å². The van der Waals surface area contributed by atoms with E-state index in [1.807, 2.05) is 31.2 Å². The molecule has 2 heterocycles. The Bertz CT molecular complexity index is 1370. The minimum Gasteiger partial charge on any atom is -0.465 e. The molecule has 0 aliphatic heterocycles. The highest BCUT2D eigenvalue weighted by Gasteiger charge is 2.18. The number of nitrogens with two attached hydrogens (primary N) is 2. The molecule has 2 aromatic heterocycles. The number of imidazole rings is 1. The number of nitrogen functional groups attached to an aromatic ring is 1. The fourth-order valence-corrected chi connectivity index (χ4v) is 6.66. The maximum Gasteiger partial charge on any atom is 0.305 e. The molecule has 1 amide bonds. The molecule has 3 rings (SSSR count). The van der Waals surface area contributed by atoms with Gasteiger partial charge in [0.25, 0.3) is 0 Å². The number of ether oxygens (including phenoxy) is 2. The van der Waals surface area contributed by atoms with Gasteiger partial charge in [-0.25, -0.2) is 9.97 Å². The zero-order chi connectivity index (χ0) is 34.4. The fraction of sp³-hybridized carbons (Fsp3) is 0.676. The van der Waals surface area contributed by atoms with Gasteiger partial charge in [-0.1, -0.05) is 102 Å². The van der Waals surface area contributed by atoms with Gasteiger partial charge in [0.15, 0.2) is 5.82 Å². The molecule has 11 heteroatoms. The number of thioether (sulfide) groups is 1. The molecule has 1 aromatic carbocycles. The van der Waals surface area contributed by atoms with Crippen LogP contribution in [0.3, 0.4) is 0 Å². The molecule has 0 radical (unpaired) electrons. The number of unbranched alkanes of at least 4 members (excludes halogenated alkanes) is 12. The van der Waals surface area contributed by atoms with Crippen LogP contribution in [0.5, 0.6) is 0 Å².